The molecule has 1 rings (SSSR count). The van der Waals surface area contributed by atoms with Crippen molar-refractivity contribution in [3.8, 4) is 0 Å². The van der Waals surface area contributed by atoms with E-state index in [-0.39, 0.29) is 0 Å². The van der Waals surface area contributed by atoms with Crippen LogP contribution in [0.3, 0.4) is 0 Å². The second-order valence-electron chi connectivity index (χ2n) is 1.51. The first kappa shape index (κ1) is 7.28. The van der Waals surface area contributed by atoms with E-state index in [1.165, 1.54) is 0 Å². The predicted octanol–water partition coefficient (Wildman–Crippen LogP) is 3.36. The molecule has 0 aliphatic carbocycles. The molecule has 0 amide bonds. The summed E-state index contributed by atoms with van der Waals surface area (Å²) in [5.74, 6) is 0. The first-order valence-corrected chi connectivity index (χ1v) is 4.61. The Morgan fingerprint density at radius 2 is 2.22 bits per heavy atom. The Hall–Kier alpha value is 0.170. The molecule has 0 atom stereocenters. The third kappa shape index (κ3) is 2.10. The van der Waals surface area contributed by atoms with Gasteiger partial charge >= 0.3 is 0 Å². The van der Waals surface area contributed by atoms with Crippen LogP contribution in [0.15, 0.2) is 24.3 Å². The zero-order valence-corrected chi connectivity index (χ0v) is 7.36. The third-order valence-electron chi connectivity index (χ3n) is 0.869. The van der Waals surface area contributed by atoms with Gasteiger partial charge in [0.1, 0.15) is 21.8 Å². The summed E-state index contributed by atoms with van der Waals surface area (Å²) in [6.07, 6.45) is 0. The quantitative estimate of drug-likeness (QED) is 0.677. The lowest BCUT2D eigenvalue weighted by Crippen LogP contribution is -1.68. The molecule has 0 nitrogen and oxygen atoms in total. The fourth-order valence-corrected chi connectivity index (χ4v) is 1.68. The molecular weight excluding hydrogens is 253 g/mol. The van der Waals surface area contributed by atoms with Gasteiger partial charge in [-0.2, -0.15) is 2.86 Å². The highest BCUT2D eigenvalue weighted by molar-refractivity contribution is 14.2. The van der Waals surface area contributed by atoms with Crippen LogP contribution in [0.2, 0.25) is 5.02 Å². The van der Waals surface area contributed by atoms with Gasteiger partial charge in [-0.25, -0.2) is 0 Å². The van der Waals surface area contributed by atoms with Crippen LogP contribution in [0, 0.1) is 3.57 Å². The SMILES string of the molecule is F[I]c1cccc(Cl)c1. The van der Waals surface area contributed by atoms with Crippen molar-refractivity contribution in [2.45, 2.75) is 0 Å². The molecule has 0 fully saturated rings. The lowest BCUT2D eigenvalue weighted by molar-refractivity contribution is 1.03. The maximum absolute atomic E-state index is 12.0. The Balaban J connectivity index is 2.94. The van der Waals surface area contributed by atoms with Crippen molar-refractivity contribution in [3.63, 3.8) is 0 Å². The molecule has 0 bridgehead atoms. The van der Waals surface area contributed by atoms with Crippen molar-refractivity contribution < 1.29 is 2.86 Å². The summed E-state index contributed by atoms with van der Waals surface area (Å²) < 4.78 is 12.7. The first-order valence-electron chi connectivity index (χ1n) is 2.34. The largest absolute Gasteiger partial charge is 0.179 e. The Kier molecular flexibility index (Phi) is 2.72. The van der Waals surface area contributed by atoms with Crippen molar-refractivity contribution >= 4 is 33.4 Å². The summed E-state index contributed by atoms with van der Waals surface area (Å²) in [6.45, 7) is 0. The van der Waals surface area contributed by atoms with Crippen molar-refractivity contribution in [3.05, 3.63) is 32.9 Å². The van der Waals surface area contributed by atoms with Crippen LogP contribution < -0.4 is 0 Å². The van der Waals surface area contributed by atoms with E-state index in [9.17, 15) is 2.86 Å². The van der Waals surface area contributed by atoms with Crippen LogP contribution in [-0.2, 0) is 0 Å². The van der Waals surface area contributed by atoms with Gasteiger partial charge in [-0.1, -0.05) is 17.7 Å². The number of benzene rings is 1. The van der Waals surface area contributed by atoms with E-state index in [0.29, 0.717) is 5.02 Å². The number of halogens is 3. The molecule has 3 heteroatoms. The van der Waals surface area contributed by atoms with Crippen molar-refractivity contribution in [1.29, 1.82) is 0 Å². The normalized spacial score (nSPS) is 9.56. The molecule has 0 unspecified atom stereocenters. The summed E-state index contributed by atoms with van der Waals surface area (Å²) >= 11 is 4.28. The van der Waals surface area contributed by atoms with E-state index in [0.717, 1.165) is 3.57 Å². The van der Waals surface area contributed by atoms with Gasteiger partial charge in [-0.3, -0.25) is 0 Å². The monoisotopic (exact) mass is 257 g/mol. The van der Waals surface area contributed by atoms with Crippen molar-refractivity contribution in [2.75, 3.05) is 0 Å². The van der Waals surface area contributed by atoms with Gasteiger partial charge in [-0.05, 0) is 18.2 Å². The van der Waals surface area contributed by atoms with E-state index >= 15 is 0 Å². The minimum absolute atomic E-state index is 0.616. The Morgan fingerprint density at radius 3 is 2.67 bits per heavy atom. The minimum atomic E-state index is -1.29. The average Bonchev–Trinajstić information content (AvgIpc) is 1.88. The topological polar surface area (TPSA) is 0 Å². The second-order valence-corrected chi connectivity index (χ2v) is 3.60. The smallest absolute Gasteiger partial charge is 0.108 e. The molecule has 0 aliphatic heterocycles. The zero-order chi connectivity index (χ0) is 6.69. The van der Waals surface area contributed by atoms with Gasteiger partial charge in [0.25, 0.3) is 0 Å². The fourth-order valence-electron chi connectivity index (χ4n) is 0.504. The fraction of sp³-hybridized carbons (Fsp3) is 0. The summed E-state index contributed by atoms with van der Waals surface area (Å²) in [6, 6.07) is 6.91. The Labute approximate surface area is 69.1 Å². The van der Waals surface area contributed by atoms with Crippen LogP contribution >= 0.6 is 33.4 Å². The Bertz CT molecular complexity index is 202. The van der Waals surface area contributed by atoms with Gasteiger partial charge in [0.05, 0.1) is 0 Å². The average molecular weight is 257 g/mol. The van der Waals surface area contributed by atoms with E-state index in [2.05, 4.69) is 0 Å². The molecule has 0 saturated carbocycles. The van der Waals surface area contributed by atoms with Gasteiger partial charge in [-0.15, -0.1) is 0 Å². The molecule has 0 aromatic heterocycles. The minimum Gasteiger partial charge on any atom is -0.179 e. The van der Waals surface area contributed by atoms with Crippen LogP contribution in [0.5, 0.6) is 0 Å². The maximum Gasteiger partial charge on any atom is 0.108 e. The number of hydrogen-bond donors (Lipinski definition) is 0. The summed E-state index contributed by atoms with van der Waals surface area (Å²) in [5.41, 5.74) is 0. The zero-order valence-electron chi connectivity index (χ0n) is 4.44. The summed E-state index contributed by atoms with van der Waals surface area (Å²) in [4.78, 5) is 0. The summed E-state index contributed by atoms with van der Waals surface area (Å²) in [5, 5.41) is 0.616. The lowest BCUT2D eigenvalue weighted by Gasteiger charge is -1.90. The number of hydrogen-bond acceptors (Lipinski definition) is 0. The molecule has 0 N–H and O–H groups in total. The van der Waals surface area contributed by atoms with Gasteiger partial charge in [0, 0.05) is 8.59 Å². The standard InChI is InChI=1S/C6H4ClFI/c7-5-2-1-3-6(4-5)9-8/h1-4H. The Morgan fingerprint density at radius 1 is 1.44 bits per heavy atom. The van der Waals surface area contributed by atoms with E-state index in [1.807, 2.05) is 0 Å². The van der Waals surface area contributed by atoms with Crippen molar-refractivity contribution in [1.82, 2.24) is 0 Å². The third-order valence-corrected chi connectivity index (χ3v) is 2.25. The van der Waals surface area contributed by atoms with Gasteiger partial charge in [0.2, 0.25) is 0 Å². The first-order chi connectivity index (χ1) is 4.33. The van der Waals surface area contributed by atoms with Crippen LogP contribution in [0.25, 0.3) is 0 Å². The highest BCUT2D eigenvalue weighted by Crippen LogP contribution is 2.23. The molecule has 0 spiro atoms. The van der Waals surface area contributed by atoms with Crippen LogP contribution in [-0.4, -0.2) is 0 Å². The molecule has 1 aromatic rings. The molecule has 49 valence electrons. The molecule has 1 radical (unpaired) electrons. The van der Waals surface area contributed by atoms with Gasteiger partial charge in [0.15, 0.2) is 0 Å². The van der Waals surface area contributed by atoms with E-state index < -0.39 is 21.8 Å². The van der Waals surface area contributed by atoms with Crippen LogP contribution in [0.4, 0.5) is 2.86 Å². The molecule has 0 heterocycles. The molecule has 0 aliphatic rings. The predicted molar refractivity (Wildman–Crippen MR) is 45.3 cm³/mol. The molecular formula is C6H4ClFI. The number of rotatable bonds is 1. The molecule has 9 heavy (non-hydrogen) atoms. The summed E-state index contributed by atoms with van der Waals surface area (Å²) in [7, 11) is 0. The van der Waals surface area contributed by atoms with E-state index in [1.54, 1.807) is 24.3 Å². The highest BCUT2D eigenvalue weighted by atomic mass is 127. The molecule has 1 aromatic carbocycles. The molecule has 0 saturated heterocycles. The highest BCUT2D eigenvalue weighted by Gasteiger charge is 1.91. The van der Waals surface area contributed by atoms with Crippen molar-refractivity contribution in [2.24, 2.45) is 0 Å². The van der Waals surface area contributed by atoms with Gasteiger partial charge < -0.3 is 0 Å². The van der Waals surface area contributed by atoms with Crippen LogP contribution in [0.1, 0.15) is 0 Å². The lowest BCUT2D eigenvalue weighted by atomic mass is 10.4. The van der Waals surface area contributed by atoms with E-state index in [4.69, 9.17) is 11.6 Å². The maximum atomic E-state index is 12.0. The second kappa shape index (κ2) is 3.37.